The van der Waals surface area contributed by atoms with Crippen LogP contribution in [0.4, 0.5) is 0 Å². The average Bonchev–Trinajstić information content (AvgIpc) is 3.68. The van der Waals surface area contributed by atoms with E-state index < -0.39 is 46.6 Å². The van der Waals surface area contributed by atoms with Gasteiger partial charge in [0.15, 0.2) is 23.0 Å². The van der Waals surface area contributed by atoms with Gasteiger partial charge in [0.05, 0.1) is 36.3 Å². The molecule has 12 nitrogen and oxygen atoms in total. The molecule has 3 fully saturated rings. The average molecular weight is 620 g/mol. The molecule has 0 saturated carbocycles. The molecule has 228 valence electrons. The lowest BCUT2D eigenvalue weighted by Gasteiger charge is -2.58. The lowest BCUT2D eigenvalue weighted by molar-refractivity contribution is -0.156. The largest absolute Gasteiger partial charge is 0.504 e. The lowest BCUT2D eigenvalue weighted by Crippen LogP contribution is -2.66. The molecule has 3 saturated heterocycles. The minimum absolute atomic E-state index is 0.0501. The number of benzene rings is 2. The van der Waals surface area contributed by atoms with E-state index in [1.807, 2.05) is 13.0 Å². The summed E-state index contributed by atoms with van der Waals surface area (Å²) in [5.41, 5.74) is 3.30. The van der Waals surface area contributed by atoms with Crippen LogP contribution in [0.25, 0.3) is 0 Å². The van der Waals surface area contributed by atoms with Gasteiger partial charge < -0.3 is 28.8 Å². The summed E-state index contributed by atoms with van der Waals surface area (Å²) < 4.78 is 29.1. The second kappa shape index (κ2) is 9.26. The van der Waals surface area contributed by atoms with E-state index in [0.29, 0.717) is 52.7 Å². The second-order valence-corrected chi connectivity index (χ2v) is 13.3. The normalized spacial score (nSPS) is 31.1. The van der Waals surface area contributed by atoms with Crippen LogP contribution in [0.2, 0.25) is 0 Å². The summed E-state index contributed by atoms with van der Waals surface area (Å²) in [6.07, 6.45) is 0.451. The quantitative estimate of drug-likeness (QED) is 0.299. The minimum Gasteiger partial charge on any atom is -0.504 e. The Balaban J connectivity index is 1.46. The van der Waals surface area contributed by atoms with Gasteiger partial charge in [0.1, 0.15) is 17.9 Å². The van der Waals surface area contributed by atoms with E-state index in [9.17, 15) is 24.8 Å². The standard InChI is InChI=1S/C31H29N3O9S/c1-12-5-15-16-6-31(9-32)10-33(16)22(19(15)24(37)25(12)39-4)23-29-21-20(17(34(23)31)7-40-30(38)18(36)8-44-29)28-27(41-11-42-28)13(2)26(21)43-14(3)35/h5,16-17,22-23,29,37H,6-8,10-11H2,1-4H3/t16?,17-,22+,23?,29+,31?/m0/s1. The first kappa shape index (κ1) is 27.6. The van der Waals surface area contributed by atoms with E-state index >= 15 is 0 Å². The van der Waals surface area contributed by atoms with Gasteiger partial charge >= 0.3 is 11.9 Å². The molecule has 2 aromatic rings. The van der Waals surface area contributed by atoms with Crippen molar-refractivity contribution in [3.63, 3.8) is 0 Å². The van der Waals surface area contributed by atoms with Gasteiger partial charge in [-0.25, -0.2) is 4.79 Å². The lowest BCUT2D eigenvalue weighted by atomic mass is 9.74. The molecule has 4 bridgehead atoms. The van der Waals surface area contributed by atoms with Crippen molar-refractivity contribution >= 4 is 29.5 Å². The van der Waals surface area contributed by atoms with Crippen LogP contribution in [-0.2, 0) is 19.1 Å². The number of aryl methyl sites for hydroxylation is 1. The molecule has 3 unspecified atom stereocenters. The smallest absolute Gasteiger partial charge is 0.375 e. The van der Waals surface area contributed by atoms with Crippen LogP contribution in [0.1, 0.15) is 70.1 Å². The number of ether oxygens (including phenoxy) is 5. The Morgan fingerprint density at radius 1 is 1.14 bits per heavy atom. The predicted octanol–water partition coefficient (Wildman–Crippen LogP) is 3.07. The van der Waals surface area contributed by atoms with Crippen molar-refractivity contribution in [2.75, 3.05) is 32.8 Å². The molecular weight excluding hydrogens is 590 g/mol. The summed E-state index contributed by atoms with van der Waals surface area (Å²) in [5.74, 6) is -0.737. The van der Waals surface area contributed by atoms with Gasteiger partial charge in [-0.2, -0.15) is 5.26 Å². The topological polar surface area (TPSA) is 148 Å². The van der Waals surface area contributed by atoms with Crippen LogP contribution in [0.3, 0.4) is 0 Å². The number of nitriles is 1. The minimum atomic E-state index is -0.997. The summed E-state index contributed by atoms with van der Waals surface area (Å²) in [4.78, 5) is 42.6. The Morgan fingerprint density at radius 3 is 2.64 bits per heavy atom. The molecule has 0 aromatic heterocycles. The molecule has 0 amide bonds. The van der Waals surface area contributed by atoms with Gasteiger partial charge in [0.25, 0.3) is 0 Å². The Hall–Kier alpha value is -3.99. The third-order valence-electron chi connectivity index (χ3n) is 10.0. The number of phenolic OH excluding ortho intramolecular Hbond substituents is 1. The van der Waals surface area contributed by atoms with Crippen molar-refractivity contribution in [1.29, 1.82) is 5.26 Å². The van der Waals surface area contributed by atoms with Gasteiger partial charge in [0.2, 0.25) is 12.6 Å². The second-order valence-electron chi connectivity index (χ2n) is 12.2. The molecule has 0 aliphatic carbocycles. The summed E-state index contributed by atoms with van der Waals surface area (Å²) >= 11 is 1.24. The number of nitrogens with zero attached hydrogens (tertiary/aromatic N) is 3. The fraction of sp³-hybridized carbons (Fsp3) is 0.484. The third kappa shape index (κ3) is 3.33. The van der Waals surface area contributed by atoms with Crippen molar-refractivity contribution < 1.29 is 43.2 Å². The maximum atomic E-state index is 12.9. The third-order valence-corrected chi connectivity index (χ3v) is 11.3. The highest BCUT2D eigenvalue weighted by Crippen LogP contribution is 2.69. The van der Waals surface area contributed by atoms with Crippen LogP contribution < -0.4 is 18.9 Å². The zero-order valence-corrected chi connectivity index (χ0v) is 25.3. The highest BCUT2D eigenvalue weighted by atomic mass is 32.2. The summed E-state index contributed by atoms with van der Waals surface area (Å²) in [7, 11) is 1.52. The van der Waals surface area contributed by atoms with E-state index in [1.165, 1.54) is 25.8 Å². The molecule has 8 rings (SSSR count). The van der Waals surface area contributed by atoms with Crippen LogP contribution >= 0.6 is 11.8 Å². The van der Waals surface area contributed by atoms with E-state index in [-0.39, 0.29) is 30.9 Å². The first-order valence-electron chi connectivity index (χ1n) is 14.4. The number of phenols is 1. The zero-order chi connectivity index (χ0) is 30.8. The van der Waals surface area contributed by atoms with Gasteiger partial charge in [-0.1, -0.05) is 6.07 Å². The fourth-order valence-electron chi connectivity index (χ4n) is 8.59. The molecular formula is C31H29N3O9S. The number of esters is 2. The monoisotopic (exact) mass is 619 g/mol. The number of fused-ring (bicyclic) bond motifs is 9. The summed E-state index contributed by atoms with van der Waals surface area (Å²) in [6, 6.07) is 2.86. The van der Waals surface area contributed by atoms with E-state index in [2.05, 4.69) is 15.9 Å². The molecule has 6 aliphatic heterocycles. The molecule has 0 radical (unpaired) electrons. The van der Waals surface area contributed by atoms with Crippen molar-refractivity contribution in [1.82, 2.24) is 9.80 Å². The number of methoxy groups -OCH3 is 1. The van der Waals surface area contributed by atoms with Gasteiger partial charge in [-0.15, -0.1) is 11.8 Å². The van der Waals surface area contributed by atoms with Crippen molar-refractivity contribution in [3.05, 3.63) is 39.4 Å². The number of ketones is 1. The predicted molar refractivity (Wildman–Crippen MR) is 153 cm³/mol. The first-order valence-corrected chi connectivity index (χ1v) is 15.5. The number of hydrogen-bond acceptors (Lipinski definition) is 13. The van der Waals surface area contributed by atoms with Crippen LogP contribution in [-0.4, -0.2) is 77.0 Å². The van der Waals surface area contributed by atoms with Crippen LogP contribution in [0.15, 0.2) is 6.07 Å². The molecule has 44 heavy (non-hydrogen) atoms. The Bertz CT molecular complexity index is 1750. The fourth-order valence-corrected chi connectivity index (χ4v) is 9.91. The van der Waals surface area contributed by atoms with Crippen molar-refractivity contribution in [2.45, 2.75) is 62.1 Å². The maximum absolute atomic E-state index is 12.9. The first-order chi connectivity index (χ1) is 21.1. The number of carbonyl (C=O) groups is 3. The molecule has 6 atom stereocenters. The molecule has 6 aliphatic rings. The molecule has 2 aromatic carbocycles. The van der Waals surface area contributed by atoms with E-state index in [0.717, 1.165) is 16.7 Å². The number of rotatable bonds is 2. The number of piperazine rings is 1. The highest BCUT2D eigenvalue weighted by molar-refractivity contribution is 8.00. The number of thioether (sulfide) groups is 1. The number of hydrogen-bond donors (Lipinski definition) is 1. The number of cyclic esters (lactones) is 1. The zero-order valence-electron chi connectivity index (χ0n) is 24.5. The Labute approximate surface area is 256 Å². The van der Waals surface area contributed by atoms with Gasteiger partial charge in [-0.3, -0.25) is 19.4 Å². The van der Waals surface area contributed by atoms with Crippen molar-refractivity contribution in [3.8, 4) is 34.8 Å². The molecule has 6 heterocycles. The SMILES string of the molecule is COc1c(C)cc2c(c1O)[C@@H]1C3[C@@H]4SCC(=O)C(=O)OC[C@@H](c5c6c(c(C)c(OC(C)=O)c54)OCO6)N3C3(C#N)CC2N1C3. The van der Waals surface area contributed by atoms with Gasteiger partial charge in [0, 0.05) is 54.2 Å². The molecule has 13 heteroatoms. The number of aromatic hydroxyl groups is 1. The van der Waals surface area contributed by atoms with E-state index in [1.54, 1.807) is 6.92 Å². The number of Topliss-reactive ketones (excluding diaryl/α,β-unsaturated/α-hetero) is 1. The van der Waals surface area contributed by atoms with Crippen LogP contribution in [0.5, 0.6) is 28.7 Å². The molecule has 1 N–H and O–H groups in total. The summed E-state index contributed by atoms with van der Waals surface area (Å²) in [5, 5.41) is 22.1. The van der Waals surface area contributed by atoms with Gasteiger partial charge in [-0.05, 0) is 25.0 Å². The Kier molecular flexibility index (Phi) is 5.80. The molecule has 0 spiro atoms. The van der Waals surface area contributed by atoms with Crippen molar-refractivity contribution in [2.24, 2.45) is 0 Å². The Morgan fingerprint density at radius 2 is 1.91 bits per heavy atom. The maximum Gasteiger partial charge on any atom is 0.375 e. The summed E-state index contributed by atoms with van der Waals surface area (Å²) in [6.45, 7) is 5.10. The van der Waals surface area contributed by atoms with Crippen LogP contribution in [0, 0.1) is 25.2 Å². The highest BCUT2D eigenvalue weighted by Gasteiger charge is 2.69. The number of carbonyl (C=O) groups excluding carboxylic acids is 3. The van der Waals surface area contributed by atoms with E-state index in [4.69, 9.17) is 23.7 Å².